The third-order valence-electron chi connectivity index (χ3n) is 3.63. The van der Waals surface area contributed by atoms with Gasteiger partial charge in [-0.1, -0.05) is 13.8 Å². The van der Waals surface area contributed by atoms with Crippen molar-refractivity contribution in [1.82, 2.24) is 10.2 Å². The molecule has 1 heterocycles. The maximum Gasteiger partial charge on any atom is 0.237 e. The molecular formula is C13H27N3O. The molecule has 1 saturated heterocycles. The number of nitrogens with two attached hydrogens (primary N) is 1. The molecule has 0 saturated carbocycles. The molecule has 1 unspecified atom stereocenters. The van der Waals surface area contributed by atoms with Crippen molar-refractivity contribution < 1.29 is 4.79 Å². The van der Waals surface area contributed by atoms with E-state index < -0.39 is 0 Å². The van der Waals surface area contributed by atoms with E-state index in [0.29, 0.717) is 12.0 Å². The molecular weight excluding hydrogens is 214 g/mol. The fourth-order valence-corrected chi connectivity index (χ4v) is 2.16. The first-order valence-electron chi connectivity index (χ1n) is 6.69. The van der Waals surface area contributed by atoms with Crippen molar-refractivity contribution in [3.05, 3.63) is 0 Å². The van der Waals surface area contributed by atoms with E-state index in [2.05, 4.69) is 24.1 Å². The second kappa shape index (κ2) is 6.36. The summed E-state index contributed by atoms with van der Waals surface area (Å²) in [5, 5.41) is 2.97. The van der Waals surface area contributed by atoms with Crippen LogP contribution in [0, 0.1) is 11.8 Å². The van der Waals surface area contributed by atoms with Gasteiger partial charge >= 0.3 is 0 Å². The van der Waals surface area contributed by atoms with E-state index in [0.717, 1.165) is 19.6 Å². The maximum absolute atomic E-state index is 11.7. The Balaban J connectivity index is 2.26. The lowest BCUT2D eigenvalue weighted by Gasteiger charge is -2.21. The molecule has 100 valence electrons. The van der Waals surface area contributed by atoms with Crippen LogP contribution in [0.15, 0.2) is 0 Å². The van der Waals surface area contributed by atoms with E-state index in [-0.39, 0.29) is 17.9 Å². The third kappa shape index (κ3) is 4.28. The fraction of sp³-hybridized carbons (Fsp3) is 0.923. The molecule has 1 aliphatic rings. The van der Waals surface area contributed by atoms with Crippen LogP contribution in [0.5, 0.6) is 0 Å². The summed E-state index contributed by atoms with van der Waals surface area (Å²) in [6.45, 7) is 11.4. The van der Waals surface area contributed by atoms with Gasteiger partial charge in [0.2, 0.25) is 5.91 Å². The van der Waals surface area contributed by atoms with Crippen LogP contribution in [-0.2, 0) is 4.79 Å². The fourth-order valence-electron chi connectivity index (χ4n) is 2.16. The van der Waals surface area contributed by atoms with E-state index in [9.17, 15) is 4.79 Å². The van der Waals surface area contributed by atoms with Gasteiger partial charge < -0.3 is 16.0 Å². The minimum Gasteiger partial charge on any atom is -0.354 e. The third-order valence-corrected chi connectivity index (χ3v) is 3.63. The van der Waals surface area contributed by atoms with Crippen molar-refractivity contribution in [1.29, 1.82) is 0 Å². The highest BCUT2D eigenvalue weighted by atomic mass is 16.2. The first-order chi connectivity index (χ1) is 7.91. The lowest BCUT2D eigenvalue weighted by Crippen LogP contribution is -2.45. The first kappa shape index (κ1) is 14.5. The number of hydrogen-bond donors (Lipinski definition) is 2. The Morgan fingerprint density at radius 1 is 1.41 bits per heavy atom. The van der Waals surface area contributed by atoms with Crippen molar-refractivity contribution in [2.45, 2.75) is 46.2 Å². The first-order valence-corrected chi connectivity index (χ1v) is 6.69. The van der Waals surface area contributed by atoms with E-state index in [1.807, 2.05) is 13.8 Å². The van der Waals surface area contributed by atoms with Crippen LogP contribution in [0.25, 0.3) is 0 Å². The number of carbonyl (C=O) groups is 1. The molecule has 4 heteroatoms. The molecule has 1 aliphatic heterocycles. The minimum atomic E-state index is -0.377. The molecule has 17 heavy (non-hydrogen) atoms. The molecule has 0 aromatic rings. The summed E-state index contributed by atoms with van der Waals surface area (Å²) in [6, 6.07) is 0.228. The Hall–Kier alpha value is -0.610. The van der Waals surface area contributed by atoms with Gasteiger partial charge in [-0.2, -0.15) is 0 Å². The van der Waals surface area contributed by atoms with E-state index >= 15 is 0 Å². The van der Waals surface area contributed by atoms with Gasteiger partial charge in [-0.3, -0.25) is 4.79 Å². The van der Waals surface area contributed by atoms with Gasteiger partial charge in [-0.15, -0.1) is 0 Å². The second-order valence-electron chi connectivity index (χ2n) is 5.76. The zero-order chi connectivity index (χ0) is 13.0. The van der Waals surface area contributed by atoms with Crippen LogP contribution in [0.4, 0.5) is 0 Å². The van der Waals surface area contributed by atoms with Crippen molar-refractivity contribution in [3.63, 3.8) is 0 Å². The maximum atomic E-state index is 11.7. The largest absolute Gasteiger partial charge is 0.354 e. The lowest BCUT2D eigenvalue weighted by atomic mass is 10.0. The van der Waals surface area contributed by atoms with Gasteiger partial charge in [0, 0.05) is 19.1 Å². The van der Waals surface area contributed by atoms with Crippen LogP contribution in [-0.4, -0.2) is 42.5 Å². The molecule has 0 aliphatic carbocycles. The van der Waals surface area contributed by atoms with E-state index in [1.54, 1.807) is 0 Å². The number of carbonyl (C=O) groups excluding carboxylic acids is 1. The van der Waals surface area contributed by atoms with Gasteiger partial charge in [0.15, 0.2) is 0 Å². The molecule has 0 aromatic carbocycles. The molecule has 0 radical (unpaired) electrons. The topological polar surface area (TPSA) is 58.4 Å². The summed E-state index contributed by atoms with van der Waals surface area (Å²) >= 11 is 0. The second-order valence-corrected chi connectivity index (χ2v) is 5.76. The van der Waals surface area contributed by atoms with Crippen molar-refractivity contribution >= 4 is 5.91 Å². The summed E-state index contributed by atoms with van der Waals surface area (Å²) in [5.41, 5.74) is 5.80. The molecule has 3 N–H and O–H groups in total. The van der Waals surface area contributed by atoms with Gasteiger partial charge in [0.05, 0.1) is 6.04 Å². The predicted octanol–water partition coefficient (Wildman–Crippen LogP) is 0.816. The molecule has 1 rings (SSSR count). The summed E-state index contributed by atoms with van der Waals surface area (Å²) in [6.07, 6.45) is 1.18. The van der Waals surface area contributed by atoms with Crippen molar-refractivity contribution in [2.75, 3.05) is 19.6 Å². The number of rotatable bonds is 5. The average Bonchev–Trinajstić information content (AvgIpc) is 2.73. The highest BCUT2D eigenvalue weighted by molar-refractivity contribution is 5.81. The molecule has 0 spiro atoms. The smallest absolute Gasteiger partial charge is 0.237 e. The molecule has 2 atom stereocenters. The van der Waals surface area contributed by atoms with Crippen LogP contribution in [0.1, 0.15) is 34.1 Å². The Morgan fingerprint density at radius 2 is 2.06 bits per heavy atom. The number of amides is 1. The van der Waals surface area contributed by atoms with Gasteiger partial charge in [0.1, 0.15) is 0 Å². The van der Waals surface area contributed by atoms with Crippen LogP contribution in [0.2, 0.25) is 0 Å². The zero-order valence-electron chi connectivity index (χ0n) is 11.6. The van der Waals surface area contributed by atoms with Crippen LogP contribution in [0.3, 0.4) is 0 Å². The summed E-state index contributed by atoms with van der Waals surface area (Å²) in [5.74, 6) is 0.773. The van der Waals surface area contributed by atoms with Gasteiger partial charge in [0.25, 0.3) is 0 Å². The Kier molecular flexibility index (Phi) is 5.40. The highest BCUT2D eigenvalue weighted by Gasteiger charge is 2.25. The summed E-state index contributed by atoms with van der Waals surface area (Å²) < 4.78 is 0. The van der Waals surface area contributed by atoms with Crippen molar-refractivity contribution in [2.24, 2.45) is 17.6 Å². The number of likely N-dealkylation sites (tertiary alicyclic amines) is 1. The van der Waals surface area contributed by atoms with Crippen LogP contribution < -0.4 is 11.1 Å². The monoisotopic (exact) mass is 241 g/mol. The average molecular weight is 241 g/mol. The predicted molar refractivity (Wildman–Crippen MR) is 70.6 cm³/mol. The SMILES string of the molecule is CC(C)[C@H](N)C(=O)NCC1CCN(C(C)C)C1. The van der Waals surface area contributed by atoms with Crippen molar-refractivity contribution in [3.8, 4) is 0 Å². The Labute approximate surface area is 105 Å². The van der Waals surface area contributed by atoms with Gasteiger partial charge in [-0.05, 0) is 38.6 Å². The molecule has 0 aromatic heterocycles. The summed E-state index contributed by atoms with van der Waals surface area (Å²) in [7, 11) is 0. The number of hydrogen-bond acceptors (Lipinski definition) is 3. The zero-order valence-corrected chi connectivity index (χ0v) is 11.6. The number of nitrogens with one attached hydrogen (secondary N) is 1. The lowest BCUT2D eigenvalue weighted by molar-refractivity contribution is -0.123. The Bertz CT molecular complexity index is 253. The normalized spacial score (nSPS) is 23.4. The van der Waals surface area contributed by atoms with Crippen LogP contribution >= 0.6 is 0 Å². The molecule has 1 amide bonds. The number of nitrogens with zero attached hydrogens (tertiary/aromatic N) is 1. The van der Waals surface area contributed by atoms with E-state index in [1.165, 1.54) is 6.42 Å². The highest BCUT2D eigenvalue weighted by Crippen LogP contribution is 2.17. The summed E-state index contributed by atoms with van der Waals surface area (Å²) in [4.78, 5) is 14.2. The molecule has 4 nitrogen and oxygen atoms in total. The standard InChI is InChI=1S/C13H27N3O/c1-9(2)12(14)13(17)15-7-11-5-6-16(8-11)10(3)4/h9-12H,5-8,14H2,1-4H3,(H,15,17)/t11?,12-/m0/s1. The van der Waals surface area contributed by atoms with Gasteiger partial charge in [-0.25, -0.2) is 0 Å². The molecule has 1 fully saturated rings. The quantitative estimate of drug-likeness (QED) is 0.749. The van der Waals surface area contributed by atoms with E-state index in [4.69, 9.17) is 5.73 Å². The Morgan fingerprint density at radius 3 is 2.53 bits per heavy atom. The minimum absolute atomic E-state index is 0.0111. The molecule has 0 bridgehead atoms.